The van der Waals surface area contributed by atoms with Gasteiger partial charge in [-0.3, -0.25) is 0 Å². The molecule has 0 unspecified atom stereocenters. The van der Waals surface area contributed by atoms with Crippen molar-refractivity contribution in [1.82, 2.24) is 15.3 Å². The topological polar surface area (TPSA) is 105 Å². The largest absolute Gasteiger partial charge is 0.492 e. The molecule has 0 amide bonds. The molecule has 2 aromatic carbocycles. The van der Waals surface area contributed by atoms with E-state index in [9.17, 15) is 8.42 Å². The van der Waals surface area contributed by atoms with Crippen LogP contribution in [0.25, 0.3) is 0 Å². The third kappa shape index (κ3) is 6.17. The van der Waals surface area contributed by atoms with Gasteiger partial charge in [-0.2, -0.15) is 4.98 Å². The van der Waals surface area contributed by atoms with Crippen LogP contribution < -0.4 is 20.7 Å². The molecule has 1 saturated heterocycles. The van der Waals surface area contributed by atoms with Crippen LogP contribution in [0.5, 0.6) is 5.75 Å². The van der Waals surface area contributed by atoms with E-state index in [-0.39, 0.29) is 9.92 Å². The van der Waals surface area contributed by atoms with E-state index in [1.165, 1.54) is 17.3 Å². The van der Waals surface area contributed by atoms with Gasteiger partial charge in [-0.15, -0.1) is 0 Å². The fourth-order valence-electron chi connectivity index (χ4n) is 4.48. The fourth-order valence-corrected chi connectivity index (χ4v) is 5.82. The Labute approximate surface area is 224 Å². The van der Waals surface area contributed by atoms with Crippen LogP contribution in [0, 0.1) is 6.92 Å². The van der Waals surface area contributed by atoms with Gasteiger partial charge in [-0.1, -0.05) is 23.7 Å². The molecule has 1 aliphatic rings. The molecule has 10 heteroatoms. The van der Waals surface area contributed by atoms with E-state index in [1.54, 1.807) is 38.1 Å². The normalized spacial score (nSPS) is 14.5. The van der Waals surface area contributed by atoms with Gasteiger partial charge in [0.2, 0.25) is 5.95 Å². The average molecular weight is 544 g/mol. The second-order valence-corrected chi connectivity index (χ2v) is 12.3. The molecule has 1 aromatic heterocycles. The number of rotatable bonds is 9. The number of nitrogens with one attached hydrogen (secondary N) is 3. The Kier molecular flexibility index (Phi) is 8.56. The third-order valence-electron chi connectivity index (χ3n) is 6.50. The molecule has 0 atom stereocenters. The number of anilines is 4. The maximum absolute atomic E-state index is 12.9. The number of hydrogen-bond acceptors (Lipinski definition) is 8. The zero-order valence-corrected chi connectivity index (χ0v) is 23.2. The number of nitrogens with zero attached hydrogens (tertiary/aromatic N) is 2. The first-order chi connectivity index (χ1) is 17.7. The van der Waals surface area contributed by atoms with Crippen molar-refractivity contribution in [2.75, 3.05) is 30.3 Å². The number of ether oxygens (including phenoxy) is 1. The van der Waals surface area contributed by atoms with Crippen LogP contribution in [0.15, 0.2) is 47.5 Å². The second kappa shape index (κ2) is 11.7. The molecule has 0 bridgehead atoms. The molecule has 0 saturated carbocycles. The molecule has 8 nitrogen and oxygen atoms in total. The predicted molar refractivity (Wildman–Crippen MR) is 150 cm³/mol. The molecule has 3 aromatic rings. The SMILES string of the molecule is CCOc1cc(C2CCNCC2)c(C)cc1Nc1ncc(Cl)c(Nc2ccccc2S(=O)(=O)C(C)C)n1. The van der Waals surface area contributed by atoms with E-state index in [0.717, 1.165) is 37.4 Å². The Balaban J connectivity index is 1.64. The molecular formula is C27H34ClN5O3S. The Morgan fingerprint density at radius 2 is 1.86 bits per heavy atom. The molecule has 1 aliphatic heterocycles. The summed E-state index contributed by atoms with van der Waals surface area (Å²) in [5, 5.41) is 9.48. The highest BCUT2D eigenvalue weighted by Crippen LogP contribution is 2.37. The molecule has 2 heterocycles. The lowest BCUT2D eigenvalue weighted by Crippen LogP contribution is -2.27. The van der Waals surface area contributed by atoms with E-state index in [1.807, 2.05) is 6.92 Å². The summed E-state index contributed by atoms with van der Waals surface area (Å²) >= 11 is 6.40. The highest BCUT2D eigenvalue weighted by atomic mass is 35.5. The van der Waals surface area contributed by atoms with Crippen molar-refractivity contribution in [3.8, 4) is 5.75 Å². The number of aromatic nitrogens is 2. The van der Waals surface area contributed by atoms with Gasteiger partial charge in [-0.05, 0) is 94.9 Å². The van der Waals surface area contributed by atoms with Gasteiger partial charge in [0.1, 0.15) is 10.8 Å². The quantitative estimate of drug-likeness (QED) is 0.303. The van der Waals surface area contributed by atoms with E-state index in [4.69, 9.17) is 16.3 Å². The maximum atomic E-state index is 12.9. The highest BCUT2D eigenvalue weighted by molar-refractivity contribution is 7.92. The van der Waals surface area contributed by atoms with Crippen molar-refractivity contribution in [2.45, 2.75) is 56.6 Å². The van der Waals surface area contributed by atoms with E-state index in [2.05, 4.69) is 45.0 Å². The summed E-state index contributed by atoms with van der Waals surface area (Å²) < 4.78 is 31.7. The Hall–Kier alpha value is -2.88. The summed E-state index contributed by atoms with van der Waals surface area (Å²) in [5.41, 5.74) is 3.64. The number of aryl methyl sites for hydroxylation is 1. The number of hydrogen-bond donors (Lipinski definition) is 3. The average Bonchev–Trinajstić information content (AvgIpc) is 2.88. The van der Waals surface area contributed by atoms with Crippen LogP contribution in [0.3, 0.4) is 0 Å². The standard InChI is InChI=1S/C27H34ClN5O3S/c1-5-36-24-15-20(19-10-12-29-13-11-19)18(4)14-23(24)32-27-30-16-21(28)26(33-27)31-22-8-6-7-9-25(22)37(34,35)17(2)3/h6-9,14-17,19,29H,5,10-13H2,1-4H3,(H2,30,31,32,33). The van der Waals surface area contributed by atoms with E-state index >= 15 is 0 Å². The first kappa shape index (κ1) is 27.2. The molecule has 1 fully saturated rings. The minimum absolute atomic E-state index is 0.192. The number of piperidine rings is 1. The first-order valence-corrected chi connectivity index (χ1v) is 14.5. The summed E-state index contributed by atoms with van der Waals surface area (Å²) in [7, 11) is -3.51. The molecule has 3 N–H and O–H groups in total. The molecule has 0 radical (unpaired) electrons. The van der Waals surface area contributed by atoms with Crippen molar-refractivity contribution in [3.05, 3.63) is 58.7 Å². The number of benzene rings is 2. The monoisotopic (exact) mass is 543 g/mol. The second-order valence-electron chi connectivity index (χ2n) is 9.39. The van der Waals surface area contributed by atoms with Crippen LogP contribution in [0.1, 0.15) is 50.7 Å². The maximum Gasteiger partial charge on any atom is 0.229 e. The van der Waals surface area contributed by atoms with Gasteiger partial charge < -0.3 is 20.7 Å². The molecule has 198 valence electrons. The van der Waals surface area contributed by atoms with Crippen molar-refractivity contribution in [3.63, 3.8) is 0 Å². The van der Waals surface area contributed by atoms with Crippen molar-refractivity contribution in [2.24, 2.45) is 0 Å². The van der Waals surface area contributed by atoms with Gasteiger partial charge in [-0.25, -0.2) is 13.4 Å². The molecular weight excluding hydrogens is 510 g/mol. The Morgan fingerprint density at radius 3 is 2.57 bits per heavy atom. The minimum atomic E-state index is -3.51. The Bertz CT molecular complexity index is 1360. The summed E-state index contributed by atoms with van der Waals surface area (Å²) in [6.45, 7) is 9.94. The van der Waals surface area contributed by atoms with Crippen LogP contribution in [0.4, 0.5) is 23.1 Å². The summed E-state index contributed by atoms with van der Waals surface area (Å²) in [6.07, 6.45) is 3.68. The molecule has 0 aliphatic carbocycles. The van der Waals surface area contributed by atoms with Crippen molar-refractivity contribution in [1.29, 1.82) is 0 Å². The molecule has 37 heavy (non-hydrogen) atoms. The zero-order chi connectivity index (χ0) is 26.6. The van der Waals surface area contributed by atoms with Crippen LogP contribution in [-0.2, 0) is 9.84 Å². The first-order valence-electron chi connectivity index (χ1n) is 12.6. The minimum Gasteiger partial charge on any atom is -0.492 e. The highest BCUT2D eigenvalue weighted by Gasteiger charge is 2.23. The van der Waals surface area contributed by atoms with Crippen LogP contribution in [0.2, 0.25) is 5.02 Å². The lowest BCUT2D eigenvalue weighted by molar-refractivity contribution is 0.340. The van der Waals surface area contributed by atoms with Gasteiger partial charge in [0.15, 0.2) is 15.7 Å². The van der Waals surface area contributed by atoms with Gasteiger partial charge in [0.25, 0.3) is 0 Å². The lowest BCUT2D eigenvalue weighted by Gasteiger charge is -2.26. The number of para-hydroxylation sites is 1. The number of sulfone groups is 1. The summed E-state index contributed by atoms with van der Waals surface area (Å²) in [5.74, 6) is 1.85. The zero-order valence-electron chi connectivity index (χ0n) is 21.6. The molecule has 4 rings (SSSR count). The van der Waals surface area contributed by atoms with Crippen LogP contribution >= 0.6 is 11.6 Å². The van der Waals surface area contributed by atoms with E-state index in [0.29, 0.717) is 30.0 Å². The smallest absolute Gasteiger partial charge is 0.229 e. The molecule has 0 spiro atoms. The lowest BCUT2D eigenvalue weighted by atomic mass is 9.87. The third-order valence-corrected chi connectivity index (χ3v) is 8.99. The van der Waals surface area contributed by atoms with Crippen molar-refractivity contribution >= 4 is 44.6 Å². The predicted octanol–water partition coefficient (Wildman–Crippen LogP) is 5.97. The summed E-state index contributed by atoms with van der Waals surface area (Å²) in [6, 6.07) is 10.9. The van der Waals surface area contributed by atoms with Gasteiger partial charge in [0, 0.05) is 0 Å². The van der Waals surface area contributed by atoms with Gasteiger partial charge in [0.05, 0.1) is 34.3 Å². The van der Waals surface area contributed by atoms with Crippen LogP contribution in [-0.4, -0.2) is 43.3 Å². The van der Waals surface area contributed by atoms with Crippen molar-refractivity contribution < 1.29 is 13.2 Å². The number of halogens is 1. The summed E-state index contributed by atoms with van der Waals surface area (Å²) in [4.78, 5) is 9.08. The Morgan fingerprint density at radius 1 is 1.14 bits per heavy atom. The van der Waals surface area contributed by atoms with E-state index < -0.39 is 15.1 Å². The van der Waals surface area contributed by atoms with Gasteiger partial charge >= 0.3 is 0 Å². The fraction of sp³-hybridized carbons (Fsp3) is 0.407.